The molecule has 3 aromatic rings. The second kappa shape index (κ2) is 6.13. The Morgan fingerprint density at radius 1 is 1.00 bits per heavy atom. The van der Waals surface area contributed by atoms with Crippen LogP contribution in [0, 0.1) is 0 Å². The maximum atomic E-state index is 11.9. The van der Waals surface area contributed by atoms with E-state index in [1.165, 1.54) is 5.56 Å². The molecule has 5 heteroatoms. The minimum atomic E-state index is -0.321. The van der Waals surface area contributed by atoms with Crippen molar-refractivity contribution in [2.75, 3.05) is 11.1 Å². The highest BCUT2D eigenvalue weighted by atomic mass is 16.4. The zero-order valence-corrected chi connectivity index (χ0v) is 11.8. The zero-order chi connectivity index (χ0) is 15.4. The number of nitrogen functional groups attached to an aromatic ring is 1. The maximum absolute atomic E-state index is 11.9. The number of amides is 1. The van der Waals surface area contributed by atoms with Gasteiger partial charge in [-0.2, -0.15) is 0 Å². The van der Waals surface area contributed by atoms with Gasteiger partial charge in [-0.25, -0.2) is 0 Å². The number of nitrogens with two attached hydrogens (primary N) is 1. The quantitative estimate of drug-likeness (QED) is 0.774. The van der Waals surface area contributed by atoms with Crippen molar-refractivity contribution in [3.8, 4) is 0 Å². The van der Waals surface area contributed by atoms with Gasteiger partial charge in [0.25, 0.3) is 5.91 Å². The van der Waals surface area contributed by atoms with Gasteiger partial charge in [-0.05, 0) is 47.9 Å². The molecule has 3 rings (SSSR count). The average Bonchev–Trinajstić information content (AvgIpc) is 2.97. The summed E-state index contributed by atoms with van der Waals surface area (Å²) in [6.07, 6.45) is 4.38. The number of benzene rings is 1. The molecular weight excluding hydrogens is 278 g/mol. The first kappa shape index (κ1) is 13.9. The minimum Gasteiger partial charge on any atom is -0.436 e. The van der Waals surface area contributed by atoms with Gasteiger partial charge in [0.05, 0.1) is 0 Å². The molecule has 3 N–H and O–H groups in total. The van der Waals surface area contributed by atoms with Crippen LogP contribution >= 0.6 is 0 Å². The third-order valence-electron chi connectivity index (χ3n) is 3.22. The highest BCUT2D eigenvalue weighted by Gasteiger charge is 2.10. The fourth-order valence-corrected chi connectivity index (χ4v) is 2.11. The number of carbonyl (C=O) groups excluding carboxylic acids is 1. The lowest BCUT2D eigenvalue weighted by molar-refractivity contribution is 0.0997. The Bertz CT molecular complexity index is 764. The van der Waals surface area contributed by atoms with Gasteiger partial charge >= 0.3 is 0 Å². The molecule has 0 bridgehead atoms. The van der Waals surface area contributed by atoms with Crippen molar-refractivity contribution in [3.05, 3.63) is 77.8 Å². The topological polar surface area (TPSA) is 81.2 Å². The Morgan fingerprint density at radius 2 is 1.68 bits per heavy atom. The van der Waals surface area contributed by atoms with E-state index in [4.69, 9.17) is 10.2 Å². The first-order valence-corrected chi connectivity index (χ1v) is 6.85. The van der Waals surface area contributed by atoms with Crippen molar-refractivity contribution in [2.24, 2.45) is 0 Å². The smallest absolute Gasteiger partial charge is 0.291 e. The Balaban J connectivity index is 1.65. The van der Waals surface area contributed by atoms with E-state index in [0.29, 0.717) is 5.69 Å². The van der Waals surface area contributed by atoms with E-state index in [1.54, 1.807) is 24.5 Å². The average molecular weight is 293 g/mol. The number of pyridine rings is 1. The van der Waals surface area contributed by atoms with Gasteiger partial charge < -0.3 is 15.5 Å². The number of hydrogen-bond acceptors (Lipinski definition) is 4. The molecule has 0 spiro atoms. The van der Waals surface area contributed by atoms with Crippen LogP contribution in [0.25, 0.3) is 0 Å². The summed E-state index contributed by atoms with van der Waals surface area (Å²) in [5, 5.41) is 2.76. The second-order valence-corrected chi connectivity index (χ2v) is 4.89. The molecule has 0 saturated heterocycles. The summed E-state index contributed by atoms with van der Waals surface area (Å²) >= 11 is 0. The molecule has 0 unspecified atom stereocenters. The lowest BCUT2D eigenvalue weighted by Crippen LogP contribution is -2.10. The van der Waals surface area contributed by atoms with Gasteiger partial charge in [-0.1, -0.05) is 12.1 Å². The van der Waals surface area contributed by atoms with Gasteiger partial charge in [0.2, 0.25) is 0 Å². The molecule has 0 fully saturated rings. The lowest BCUT2D eigenvalue weighted by Gasteiger charge is -2.05. The molecule has 0 radical (unpaired) electrons. The van der Waals surface area contributed by atoms with Crippen LogP contribution in [0.3, 0.4) is 0 Å². The molecule has 2 aromatic heterocycles. The molecule has 0 saturated carbocycles. The number of carbonyl (C=O) groups is 1. The first-order chi connectivity index (χ1) is 10.7. The normalized spacial score (nSPS) is 10.4. The number of nitrogens with zero attached hydrogens (tertiary/aromatic N) is 1. The van der Waals surface area contributed by atoms with Crippen molar-refractivity contribution in [3.63, 3.8) is 0 Å². The van der Waals surface area contributed by atoms with Crippen LogP contribution in [0.4, 0.5) is 11.6 Å². The van der Waals surface area contributed by atoms with Gasteiger partial charge in [0.15, 0.2) is 11.6 Å². The van der Waals surface area contributed by atoms with E-state index in [0.717, 1.165) is 12.0 Å². The SMILES string of the molecule is Nc1ccc(C(=O)Nc2ccc(Cc3ccncc3)cc2)o1. The molecule has 1 amide bonds. The van der Waals surface area contributed by atoms with E-state index >= 15 is 0 Å². The number of furan rings is 1. The van der Waals surface area contributed by atoms with Gasteiger partial charge in [-0.3, -0.25) is 9.78 Å². The van der Waals surface area contributed by atoms with E-state index in [2.05, 4.69) is 10.3 Å². The van der Waals surface area contributed by atoms with Crippen molar-refractivity contribution >= 4 is 17.5 Å². The molecular formula is C17H15N3O2. The molecule has 22 heavy (non-hydrogen) atoms. The van der Waals surface area contributed by atoms with Crippen LogP contribution < -0.4 is 11.1 Å². The fourth-order valence-electron chi connectivity index (χ4n) is 2.11. The number of rotatable bonds is 4. The molecule has 0 aliphatic carbocycles. The van der Waals surface area contributed by atoms with Crippen LogP contribution in [0.1, 0.15) is 21.7 Å². The summed E-state index contributed by atoms with van der Waals surface area (Å²) < 4.78 is 5.08. The van der Waals surface area contributed by atoms with Crippen molar-refractivity contribution in [2.45, 2.75) is 6.42 Å². The standard InChI is InChI=1S/C17H15N3O2/c18-16-6-5-15(22-16)17(21)20-14-3-1-12(2-4-14)11-13-7-9-19-10-8-13/h1-10H,11,18H2,(H,20,21). The maximum Gasteiger partial charge on any atom is 0.291 e. The number of anilines is 2. The molecule has 0 atom stereocenters. The van der Waals surface area contributed by atoms with Gasteiger partial charge in [-0.15, -0.1) is 0 Å². The molecule has 2 heterocycles. The van der Waals surface area contributed by atoms with Crippen molar-refractivity contribution < 1.29 is 9.21 Å². The summed E-state index contributed by atoms with van der Waals surface area (Å²) in [5.74, 6) is 0.0924. The van der Waals surface area contributed by atoms with Crippen LogP contribution in [0.15, 0.2) is 65.3 Å². The molecule has 1 aromatic carbocycles. The largest absolute Gasteiger partial charge is 0.436 e. The Labute approximate surface area is 127 Å². The summed E-state index contributed by atoms with van der Waals surface area (Å²) in [6, 6.07) is 14.7. The minimum absolute atomic E-state index is 0.193. The van der Waals surface area contributed by atoms with Gasteiger partial charge in [0, 0.05) is 24.1 Å². The summed E-state index contributed by atoms with van der Waals surface area (Å²) in [7, 11) is 0. The Hall–Kier alpha value is -3.08. The zero-order valence-electron chi connectivity index (χ0n) is 11.8. The number of nitrogens with one attached hydrogen (secondary N) is 1. The highest BCUT2D eigenvalue weighted by Crippen LogP contribution is 2.15. The van der Waals surface area contributed by atoms with Crippen LogP contribution in [-0.4, -0.2) is 10.9 Å². The Kier molecular flexibility index (Phi) is 3.87. The van der Waals surface area contributed by atoms with Crippen molar-refractivity contribution in [1.29, 1.82) is 0 Å². The second-order valence-electron chi connectivity index (χ2n) is 4.89. The predicted octanol–water partition coefficient (Wildman–Crippen LogP) is 3.10. The molecule has 5 nitrogen and oxygen atoms in total. The van der Waals surface area contributed by atoms with E-state index in [1.807, 2.05) is 36.4 Å². The summed E-state index contributed by atoms with van der Waals surface area (Å²) in [4.78, 5) is 15.9. The summed E-state index contributed by atoms with van der Waals surface area (Å²) in [6.45, 7) is 0. The molecule has 110 valence electrons. The van der Waals surface area contributed by atoms with Crippen LogP contribution in [-0.2, 0) is 6.42 Å². The monoisotopic (exact) mass is 293 g/mol. The highest BCUT2D eigenvalue weighted by molar-refractivity contribution is 6.02. The third-order valence-corrected chi connectivity index (χ3v) is 3.22. The lowest BCUT2D eigenvalue weighted by atomic mass is 10.1. The fraction of sp³-hybridized carbons (Fsp3) is 0.0588. The van der Waals surface area contributed by atoms with Gasteiger partial charge in [0.1, 0.15) is 0 Å². The van der Waals surface area contributed by atoms with Crippen molar-refractivity contribution in [1.82, 2.24) is 4.98 Å². The van der Waals surface area contributed by atoms with E-state index in [-0.39, 0.29) is 17.6 Å². The van der Waals surface area contributed by atoms with Crippen LogP contribution in [0.5, 0.6) is 0 Å². The molecule has 0 aliphatic rings. The first-order valence-electron chi connectivity index (χ1n) is 6.85. The van der Waals surface area contributed by atoms with E-state index < -0.39 is 0 Å². The number of hydrogen-bond donors (Lipinski definition) is 2. The van der Waals surface area contributed by atoms with Crippen LogP contribution in [0.2, 0.25) is 0 Å². The summed E-state index contributed by atoms with van der Waals surface area (Å²) in [5.41, 5.74) is 8.51. The third kappa shape index (κ3) is 3.32. The number of aromatic nitrogens is 1. The molecule has 0 aliphatic heterocycles. The van der Waals surface area contributed by atoms with E-state index in [9.17, 15) is 4.79 Å². The Morgan fingerprint density at radius 3 is 2.32 bits per heavy atom. The predicted molar refractivity (Wildman–Crippen MR) is 84.6 cm³/mol.